The van der Waals surface area contributed by atoms with Crippen molar-refractivity contribution in [1.29, 1.82) is 0 Å². The van der Waals surface area contributed by atoms with Crippen molar-refractivity contribution in [2.45, 2.75) is 44.6 Å². The number of urea groups is 1. The van der Waals surface area contributed by atoms with Gasteiger partial charge in [-0.15, -0.1) is 0 Å². The number of amides is 2. The summed E-state index contributed by atoms with van der Waals surface area (Å²) in [6.45, 7) is 0.870. The van der Waals surface area contributed by atoms with Gasteiger partial charge in [-0.3, -0.25) is 0 Å². The van der Waals surface area contributed by atoms with Crippen LogP contribution in [0.15, 0.2) is 18.2 Å². The van der Waals surface area contributed by atoms with E-state index < -0.39 is 6.03 Å². The van der Waals surface area contributed by atoms with Crippen molar-refractivity contribution < 1.29 is 14.3 Å². The summed E-state index contributed by atoms with van der Waals surface area (Å²) in [5.41, 5.74) is 8.54. The van der Waals surface area contributed by atoms with E-state index in [4.69, 9.17) is 10.5 Å². The molecule has 118 valence electrons. The third-order valence-corrected chi connectivity index (χ3v) is 4.65. The molecule has 22 heavy (non-hydrogen) atoms. The largest absolute Gasteiger partial charge is 0.460 e. The first kappa shape index (κ1) is 14.9. The van der Waals surface area contributed by atoms with Crippen molar-refractivity contribution in [3.63, 3.8) is 0 Å². The van der Waals surface area contributed by atoms with Crippen molar-refractivity contribution in [1.82, 2.24) is 4.90 Å². The normalized spacial score (nSPS) is 20.5. The second-order valence-electron chi connectivity index (χ2n) is 6.12. The fourth-order valence-electron chi connectivity index (χ4n) is 3.41. The molecule has 0 aromatic heterocycles. The van der Waals surface area contributed by atoms with E-state index in [-0.39, 0.29) is 18.6 Å². The number of carbonyl (C=O) groups is 2. The van der Waals surface area contributed by atoms with Crippen molar-refractivity contribution in [2.24, 2.45) is 5.73 Å². The number of ether oxygens (including phenoxy) is 1. The molecule has 1 aliphatic carbocycles. The van der Waals surface area contributed by atoms with Crippen LogP contribution in [0.4, 0.5) is 4.79 Å². The van der Waals surface area contributed by atoms with Crippen LogP contribution >= 0.6 is 0 Å². The molecule has 0 spiro atoms. The van der Waals surface area contributed by atoms with Crippen molar-refractivity contribution in [3.8, 4) is 0 Å². The molecule has 1 aromatic carbocycles. The number of esters is 1. The Balaban J connectivity index is 1.61. The Labute approximate surface area is 130 Å². The number of primary amides is 1. The lowest BCUT2D eigenvalue weighted by Gasteiger charge is -2.22. The molecule has 0 radical (unpaired) electrons. The van der Waals surface area contributed by atoms with Crippen LogP contribution in [-0.4, -0.2) is 36.1 Å². The number of hydrogen-bond donors (Lipinski definition) is 1. The van der Waals surface area contributed by atoms with Gasteiger partial charge in [-0.05, 0) is 61.8 Å². The van der Waals surface area contributed by atoms with Crippen LogP contribution in [0, 0.1) is 0 Å². The first-order valence-corrected chi connectivity index (χ1v) is 8.00. The number of carbonyl (C=O) groups excluding carboxylic acids is 2. The Hall–Kier alpha value is -2.04. The molecule has 0 saturated carbocycles. The third-order valence-electron chi connectivity index (χ3n) is 4.65. The van der Waals surface area contributed by atoms with E-state index in [1.807, 2.05) is 18.2 Å². The fraction of sp³-hybridized carbons (Fsp3) is 0.529. The minimum atomic E-state index is -0.438. The van der Waals surface area contributed by atoms with Crippen LogP contribution in [0.2, 0.25) is 0 Å². The minimum Gasteiger partial charge on any atom is -0.460 e. The Kier molecular flexibility index (Phi) is 4.32. The van der Waals surface area contributed by atoms with E-state index in [0.29, 0.717) is 12.1 Å². The zero-order chi connectivity index (χ0) is 15.5. The number of aryl methyl sites for hydroxylation is 2. The first-order chi connectivity index (χ1) is 10.6. The van der Waals surface area contributed by atoms with E-state index in [9.17, 15) is 9.59 Å². The number of hydrogen-bond acceptors (Lipinski definition) is 3. The van der Waals surface area contributed by atoms with Crippen LogP contribution < -0.4 is 5.73 Å². The van der Waals surface area contributed by atoms with Crippen LogP contribution in [0.25, 0.3) is 0 Å². The second kappa shape index (κ2) is 6.38. The van der Waals surface area contributed by atoms with E-state index >= 15 is 0 Å². The summed E-state index contributed by atoms with van der Waals surface area (Å²) in [5, 5.41) is 0. The topological polar surface area (TPSA) is 72.6 Å². The Morgan fingerprint density at radius 3 is 2.73 bits per heavy atom. The smallest absolute Gasteiger partial charge is 0.338 e. The van der Waals surface area contributed by atoms with Crippen molar-refractivity contribution in [2.75, 3.05) is 13.2 Å². The molecular weight excluding hydrogens is 280 g/mol. The number of likely N-dealkylation sites (tertiary alicyclic amines) is 1. The molecular formula is C17H22N2O3. The van der Waals surface area contributed by atoms with Crippen LogP contribution in [0.5, 0.6) is 0 Å². The highest BCUT2D eigenvalue weighted by Gasteiger charge is 2.28. The summed E-state index contributed by atoms with van der Waals surface area (Å²) in [6, 6.07) is 5.31. The molecule has 2 aliphatic rings. The summed E-state index contributed by atoms with van der Waals surface area (Å²) in [4.78, 5) is 25.1. The SMILES string of the molecule is NC(=O)N1CCC[C@@H]1COC(=O)c1ccc2c(c1)CCCC2. The molecule has 5 nitrogen and oxygen atoms in total. The number of nitrogens with two attached hydrogens (primary N) is 1. The zero-order valence-corrected chi connectivity index (χ0v) is 12.7. The summed E-state index contributed by atoms with van der Waals surface area (Å²) < 4.78 is 5.40. The van der Waals surface area contributed by atoms with Gasteiger partial charge in [0, 0.05) is 6.54 Å². The van der Waals surface area contributed by atoms with Crippen LogP contribution in [-0.2, 0) is 17.6 Å². The van der Waals surface area contributed by atoms with E-state index in [1.54, 1.807) is 4.90 Å². The highest BCUT2D eigenvalue weighted by molar-refractivity contribution is 5.89. The second-order valence-corrected chi connectivity index (χ2v) is 6.12. The third kappa shape index (κ3) is 3.08. The van der Waals surface area contributed by atoms with Gasteiger partial charge in [-0.25, -0.2) is 9.59 Å². The lowest BCUT2D eigenvalue weighted by molar-refractivity contribution is 0.0422. The standard InChI is InChI=1S/C17H22N2O3/c18-17(21)19-9-3-6-15(19)11-22-16(20)14-8-7-12-4-1-2-5-13(12)10-14/h7-8,10,15H,1-6,9,11H2,(H2,18,21)/t15-/m1/s1. The quantitative estimate of drug-likeness (QED) is 0.870. The Morgan fingerprint density at radius 2 is 1.95 bits per heavy atom. The van der Waals surface area contributed by atoms with E-state index in [0.717, 1.165) is 25.7 Å². The Morgan fingerprint density at radius 1 is 1.18 bits per heavy atom. The summed E-state index contributed by atoms with van der Waals surface area (Å²) >= 11 is 0. The van der Waals surface area contributed by atoms with Gasteiger partial charge >= 0.3 is 12.0 Å². The highest BCUT2D eigenvalue weighted by Crippen LogP contribution is 2.23. The molecule has 1 saturated heterocycles. The molecule has 0 bridgehead atoms. The van der Waals surface area contributed by atoms with E-state index in [2.05, 4.69) is 0 Å². The lowest BCUT2D eigenvalue weighted by atomic mass is 9.90. The van der Waals surface area contributed by atoms with Gasteiger partial charge in [-0.2, -0.15) is 0 Å². The van der Waals surface area contributed by atoms with Gasteiger partial charge in [0.05, 0.1) is 11.6 Å². The van der Waals surface area contributed by atoms with Crippen molar-refractivity contribution >= 4 is 12.0 Å². The minimum absolute atomic E-state index is 0.0842. The average molecular weight is 302 g/mol. The summed E-state index contributed by atoms with van der Waals surface area (Å²) in [5.74, 6) is -0.315. The first-order valence-electron chi connectivity index (χ1n) is 8.00. The van der Waals surface area contributed by atoms with Crippen molar-refractivity contribution in [3.05, 3.63) is 34.9 Å². The molecule has 1 aliphatic heterocycles. The maximum Gasteiger partial charge on any atom is 0.338 e. The van der Waals surface area contributed by atoms with Gasteiger partial charge < -0.3 is 15.4 Å². The number of nitrogens with zero attached hydrogens (tertiary/aromatic N) is 1. The zero-order valence-electron chi connectivity index (χ0n) is 12.7. The summed E-state index contributed by atoms with van der Waals surface area (Å²) in [6.07, 6.45) is 6.28. The monoisotopic (exact) mass is 302 g/mol. The molecule has 2 N–H and O–H groups in total. The van der Waals surface area contributed by atoms with Crippen LogP contribution in [0.3, 0.4) is 0 Å². The number of rotatable bonds is 3. The van der Waals surface area contributed by atoms with Gasteiger partial charge in [0.1, 0.15) is 6.61 Å². The maximum absolute atomic E-state index is 12.2. The molecule has 1 heterocycles. The van der Waals surface area contributed by atoms with Gasteiger partial charge in [0.2, 0.25) is 0 Å². The molecule has 0 unspecified atom stereocenters. The predicted octanol–water partition coefficient (Wildman–Crippen LogP) is 2.27. The number of fused-ring (bicyclic) bond motifs is 1. The predicted molar refractivity (Wildman–Crippen MR) is 82.7 cm³/mol. The van der Waals surface area contributed by atoms with E-state index in [1.165, 1.54) is 24.0 Å². The highest BCUT2D eigenvalue weighted by atomic mass is 16.5. The molecule has 2 amide bonds. The molecule has 1 aromatic rings. The molecule has 1 fully saturated rings. The maximum atomic E-state index is 12.2. The van der Waals surface area contributed by atoms with Gasteiger partial charge in [0.15, 0.2) is 0 Å². The van der Waals surface area contributed by atoms with Gasteiger partial charge in [0.25, 0.3) is 0 Å². The fourth-order valence-corrected chi connectivity index (χ4v) is 3.41. The number of benzene rings is 1. The average Bonchev–Trinajstić information content (AvgIpc) is 3.01. The lowest BCUT2D eigenvalue weighted by Crippen LogP contribution is -2.41. The van der Waals surface area contributed by atoms with Gasteiger partial charge in [-0.1, -0.05) is 6.07 Å². The molecule has 3 rings (SSSR count). The Bertz CT molecular complexity index is 585. The summed E-state index contributed by atoms with van der Waals surface area (Å²) in [7, 11) is 0. The molecule has 1 atom stereocenters. The van der Waals surface area contributed by atoms with Crippen LogP contribution in [0.1, 0.15) is 47.2 Å². The molecule has 5 heteroatoms.